The molecule has 2 unspecified atom stereocenters. The standard InChI is InChI=1S/C15H21FN2O3S/c1-10-6-11(2)9-18(8-10)15(19)13-7-12(16)4-5-14(13)17-22(3,20)21/h4-5,7,10-11,17H,6,8-9H2,1-3H3. The van der Waals surface area contributed by atoms with Gasteiger partial charge in [0.05, 0.1) is 17.5 Å². The van der Waals surface area contributed by atoms with Crippen LogP contribution in [0, 0.1) is 17.7 Å². The monoisotopic (exact) mass is 328 g/mol. The minimum absolute atomic E-state index is 0.0479. The van der Waals surface area contributed by atoms with Gasteiger partial charge >= 0.3 is 0 Å². The van der Waals surface area contributed by atoms with Crippen molar-refractivity contribution in [2.45, 2.75) is 20.3 Å². The molecule has 0 aliphatic carbocycles. The first kappa shape index (κ1) is 16.7. The summed E-state index contributed by atoms with van der Waals surface area (Å²) in [5, 5.41) is 0. The van der Waals surface area contributed by atoms with Gasteiger partial charge in [0.15, 0.2) is 0 Å². The van der Waals surface area contributed by atoms with Gasteiger partial charge in [-0.25, -0.2) is 12.8 Å². The highest BCUT2D eigenvalue weighted by molar-refractivity contribution is 7.92. The van der Waals surface area contributed by atoms with Gasteiger partial charge in [-0.1, -0.05) is 13.8 Å². The van der Waals surface area contributed by atoms with E-state index < -0.39 is 15.8 Å². The molecule has 1 N–H and O–H groups in total. The third-order valence-corrected chi connectivity index (χ3v) is 4.25. The third kappa shape index (κ3) is 4.19. The van der Waals surface area contributed by atoms with E-state index in [-0.39, 0.29) is 17.2 Å². The van der Waals surface area contributed by atoms with Crippen LogP contribution < -0.4 is 4.72 Å². The average molecular weight is 328 g/mol. The molecule has 0 saturated carbocycles. The first-order valence-electron chi connectivity index (χ1n) is 7.22. The second-order valence-electron chi connectivity index (χ2n) is 6.22. The van der Waals surface area contributed by atoms with Gasteiger partial charge in [-0.2, -0.15) is 0 Å². The summed E-state index contributed by atoms with van der Waals surface area (Å²) in [6, 6.07) is 3.49. The van der Waals surface area contributed by atoms with E-state index in [4.69, 9.17) is 0 Å². The number of benzene rings is 1. The summed E-state index contributed by atoms with van der Waals surface area (Å²) in [5.41, 5.74) is 0.159. The van der Waals surface area contributed by atoms with E-state index in [9.17, 15) is 17.6 Å². The molecular weight excluding hydrogens is 307 g/mol. The van der Waals surface area contributed by atoms with Crippen LogP contribution in [0.5, 0.6) is 0 Å². The van der Waals surface area contributed by atoms with E-state index in [2.05, 4.69) is 18.6 Å². The zero-order valence-corrected chi connectivity index (χ0v) is 13.8. The molecule has 122 valence electrons. The highest BCUT2D eigenvalue weighted by Crippen LogP contribution is 2.25. The number of anilines is 1. The smallest absolute Gasteiger partial charge is 0.256 e. The summed E-state index contributed by atoms with van der Waals surface area (Å²) < 4.78 is 38.6. The number of carbonyl (C=O) groups is 1. The number of sulfonamides is 1. The molecule has 0 radical (unpaired) electrons. The molecule has 2 atom stereocenters. The summed E-state index contributed by atoms with van der Waals surface area (Å²) in [6.07, 6.45) is 2.04. The quantitative estimate of drug-likeness (QED) is 0.926. The molecule has 0 bridgehead atoms. The molecule has 2 rings (SSSR count). The van der Waals surface area contributed by atoms with Crippen molar-refractivity contribution in [2.24, 2.45) is 11.8 Å². The summed E-state index contributed by atoms with van der Waals surface area (Å²) in [5.74, 6) is -0.176. The van der Waals surface area contributed by atoms with E-state index in [1.165, 1.54) is 6.07 Å². The van der Waals surface area contributed by atoms with E-state index in [0.717, 1.165) is 24.8 Å². The van der Waals surface area contributed by atoms with E-state index in [0.29, 0.717) is 24.9 Å². The topological polar surface area (TPSA) is 66.5 Å². The second-order valence-corrected chi connectivity index (χ2v) is 7.97. The Morgan fingerprint density at radius 3 is 2.41 bits per heavy atom. The van der Waals surface area contributed by atoms with Crippen LogP contribution in [0.3, 0.4) is 0 Å². The first-order valence-corrected chi connectivity index (χ1v) is 9.11. The van der Waals surface area contributed by atoms with Crippen molar-refractivity contribution in [3.8, 4) is 0 Å². The van der Waals surface area contributed by atoms with Crippen molar-refractivity contribution in [1.29, 1.82) is 0 Å². The normalized spacial score (nSPS) is 22.5. The molecule has 0 spiro atoms. The molecule has 5 nitrogen and oxygen atoms in total. The van der Waals surface area contributed by atoms with Crippen LogP contribution in [0.25, 0.3) is 0 Å². The molecule has 1 aromatic carbocycles. The average Bonchev–Trinajstić information content (AvgIpc) is 2.37. The second kappa shape index (κ2) is 6.24. The minimum Gasteiger partial charge on any atom is -0.338 e. The van der Waals surface area contributed by atoms with Gasteiger partial charge in [-0.3, -0.25) is 9.52 Å². The zero-order chi connectivity index (χ0) is 16.5. The van der Waals surface area contributed by atoms with Gasteiger partial charge in [-0.05, 0) is 36.5 Å². The largest absolute Gasteiger partial charge is 0.338 e. The number of rotatable bonds is 3. The molecule has 1 heterocycles. The maximum Gasteiger partial charge on any atom is 0.256 e. The third-order valence-electron chi connectivity index (χ3n) is 3.66. The zero-order valence-electron chi connectivity index (χ0n) is 13.0. The number of amides is 1. The molecular formula is C15H21FN2O3S. The van der Waals surface area contributed by atoms with Crippen molar-refractivity contribution in [3.05, 3.63) is 29.6 Å². The van der Waals surface area contributed by atoms with E-state index in [1.54, 1.807) is 4.90 Å². The van der Waals surface area contributed by atoms with Crippen LogP contribution in [0.15, 0.2) is 18.2 Å². The molecule has 22 heavy (non-hydrogen) atoms. The molecule has 1 amide bonds. The van der Waals surface area contributed by atoms with Crippen LogP contribution in [0.1, 0.15) is 30.6 Å². The van der Waals surface area contributed by atoms with Crippen LogP contribution in [-0.2, 0) is 10.0 Å². The van der Waals surface area contributed by atoms with Crippen LogP contribution in [-0.4, -0.2) is 38.6 Å². The number of piperidine rings is 1. The van der Waals surface area contributed by atoms with Gasteiger partial charge in [0.1, 0.15) is 5.82 Å². The molecule has 1 saturated heterocycles. The van der Waals surface area contributed by atoms with Gasteiger partial charge in [0, 0.05) is 13.1 Å². The van der Waals surface area contributed by atoms with Gasteiger partial charge in [0.25, 0.3) is 5.91 Å². The number of nitrogens with one attached hydrogen (secondary N) is 1. The van der Waals surface area contributed by atoms with E-state index >= 15 is 0 Å². The Labute approximate surface area is 130 Å². The maximum atomic E-state index is 13.5. The van der Waals surface area contributed by atoms with Crippen molar-refractivity contribution >= 4 is 21.6 Å². The summed E-state index contributed by atoms with van der Waals surface area (Å²) >= 11 is 0. The lowest BCUT2D eigenvalue weighted by molar-refractivity contribution is 0.0623. The van der Waals surface area contributed by atoms with Crippen LogP contribution in [0.4, 0.5) is 10.1 Å². The van der Waals surface area contributed by atoms with Crippen LogP contribution in [0.2, 0.25) is 0 Å². The predicted molar refractivity (Wildman–Crippen MR) is 83.7 cm³/mol. The van der Waals surface area contributed by atoms with Crippen molar-refractivity contribution in [1.82, 2.24) is 4.90 Å². The Balaban J connectivity index is 2.34. The molecule has 1 aliphatic rings. The Kier molecular flexibility index (Phi) is 4.75. The molecule has 1 aliphatic heterocycles. The number of hydrogen-bond acceptors (Lipinski definition) is 3. The Morgan fingerprint density at radius 2 is 1.86 bits per heavy atom. The van der Waals surface area contributed by atoms with Crippen molar-refractivity contribution in [3.63, 3.8) is 0 Å². The Morgan fingerprint density at radius 1 is 1.27 bits per heavy atom. The lowest BCUT2D eigenvalue weighted by Gasteiger charge is -2.35. The fourth-order valence-corrected chi connectivity index (χ4v) is 3.56. The summed E-state index contributed by atoms with van der Waals surface area (Å²) in [7, 11) is -3.54. The minimum atomic E-state index is -3.54. The van der Waals surface area contributed by atoms with Crippen LogP contribution >= 0.6 is 0 Å². The molecule has 1 fully saturated rings. The van der Waals surface area contributed by atoms with E-state index in [1.807, 2.05) is 0 Å². The predicted octanol–water partition coefficient (Wildman–Crippen LogP) is 2.32. The number of hydrogen-bond donors (Lipinski definition) is 1. The number of halogens is 1. The summed E-state index contributed by atoms with van der Waals surface area (Å²) in [4.78, 5) is 14.3. The van der Waals surface area contributed by atoms with Gasteiger partial charge in [0.2, 0.25) is 10.0 Å². The Hall–Kier alpha value is -1.63. The molecule has 0 aromatic heterocycles. The number of nitrogens with zero attached hydrogens (tertiary/aromatic N) is 1. The highest BCUT2D eigenvalue weighted by atomic mass is 32.2. The fourth-order valence-electron chi connectivity index (χ4n) is 2.98. The lowest BCUT2D eigenvalue weighted by Crippen LogP contribution is -2.42. The maximum absolute atomic E-state index is 13.5. The first-order chi connectivity index (χ1) is 10.2. The molecule has 1 aromatic rings. The lowest BCUT2D eigenvalue weighted by atomic mass is 9.91. The fraction of sp³-hybridized carbons (Fsp3) is 0.533. The SMILES string of the molecule is CC1CC(C)CN(C(=O)c2cc(F)ccc2NS(C)(=O)=O)C1. The van der Waals surface area contributed by atoms with Gasteiger partial charge in [-0.15, -0.1) is 0 Å². The highest BCUT2D eigenvalue weighted by Gasteiger charge is 2.28. The van der Waals surface area contributed by atoms with Crippen molar-refractivity contribution in [2.75, 3.05) is 24.1 Å². The van der Waals surface area contributed by atoms with Crippen molar-refractivity contribution < 1.29 is 17.6 Å². The molecule has 7 heteroatoms. The number of carbonyl (C=O) groups excluding carboxylic acids is 1. The Bertz CT molecular complexity index is 665. The summed E-state index contributed by atoms with van der Waals surface area (Å²) in [6.45, 7) is 5.32. The number of likely N-dealkylation sites (tertiary alicyclic amines) is 1. The van der Waals surface area contributed by atoms with Gasteiger partial charge < -0.3 is 4.90 Å².